The molecule has 0 aromatic heterocycles. The predicted octanol–water partition coefficient (Wildman–Crippen LogP) is 4.13. The van der Waals surface area contributed by atoms with Gasteiger partial charge < -0.3 is 4.74 Å². The van der Waals surface area contributed by atoms with Crippen molar-refractivity contribution in [3.63, 3.8) is 0 Å². The van der Waals surface area contributed by atoms with Gasteiger partial charge in [0.2, 0.25) is 0 Å². The van der Waals surface area contributed by atoms with Crippen molar-refractivity contribution in [3.8, 4) is 11.8 Å². The Labute approximate surface area is 130 Å². The number of carbonyl (C=O) groups is 1. The highest BCUT2D eigenvalue weighted by Crippen LogP contribution is 2.12. The van der Waals surface area contributed by atoms with Gasteiger partial charge in [-0.15, -0.1) is 0 Å². The number of aryl methyl sites for hydroxylation is 1. The van der Waals surface area contributed by atoms with E-state index in [-0.39, 0.29) is 0 Å². The lowest BCUT2D eigenvalue weighted by molar-refractivity contribution is -0.128. The number of nitriles is 1. The van der Waals surface area contributed by atoms with Crippen LogP contribution in [0.15, 0.2) is 54.6 Å². The second-order valence-electron chi connectivity index (χ2n) is 4.88. The summed E-state index contributed by atoms with van der Waals surface area (Å²) in [5.74, 6) is -0.0192. The van der Waals surface area contributed by atoms with Gasteiger partial charge in [-0.3, -0.25) is 0 Å². The maximum absolute atomic E-state index is 11.7. The molecule has 2 aromatic carbocycles. The van der Waals surface area contributed by atoms with Gasteiger partial charge in [-0.1, -0.05) is 37.6 Å². The number of nitrogens with zero attached hydrogens (tertiary/aromatic N) is 1. The topological polar surface area (TPSA) is 50.1 Å². The smallest absolute Gasteiger partial charge is 0.336 e. The molecular formula is C19H17NO2. The number of esters is 1. The first-order chi connectivity index (χ1) is 10.7. The van der Waals surface area contributed by atoms with E-state index in [1.165, 1.54) is 11.6 Å². The van der Waals surface area contributed by atoms with E-state index in [0.717, 1.165) is 18.4 Å². The van der Waals surface area contributed by atoms with E-state index in [1.807, 2.05) is 18.2 Å². The summed E-state index contributed by atoms with van der Waals surface area (Å²) in [7, 11) is 0. The molecular weight excluding hydrogens is 274 g/mol. The Kier molecular flexibility index (Phi) is 5.50. The highest BCUT2D eigenvalue weighted by molar-refractivity contribution is 5.88. The molecule has 2 rings (SSSR count). The first kappa shape index (κ1) is 15.5. The highest BCUT2D eigenvalue weighted by atomic mass is 16.5. The van der Waals surface area contributed by atoms with Gasteiger partial charge in [0.1, 0.15) is 5.75 Å². The van der Waals surface area contributed by atoms with Crippen LogP contribution in [-0.4, -0.2) is 5.97 Å². The predicted molar refractivity (Wildman–Crippen MR) is 86.3 cm³/mol. The third-order valence-electron chi connectivity index (χ3n) is 3.13. The molecule has 0 amide bonds. The molecule has 0 N–H and O–H groups in total. The van der Waals surface area contributed by atoms with Crippen molar-refractivity contribution < 1.29 is 9.53 Å². The van der Waals surface area contributed by atoms with Crippen LogP contribution in [-0.2, 0) is 11.2 Å². The van der Waals surface area contributed by atoms with Gasteiger partial charge >= 0.3 is 5.97 Å². The number of rotatable bonds is 5. The highest BCUT2D eigenvalue weighted by Gasteiger charge is 2.00. The Morgan fingerprint density at radius 3 is 2.41 bits per heavy atom. The normalized spacial score (nSPS) is 10.4. The molecule has 22 heavy (non-hydrogen) atoms. The van der Waals surface area contributed by atoms with Crippen molar-refractivity contribution >= 4 is 12.0 Å². The fourth-order valence-electron chi connectivity index (χ4n) is 2.00. The molecule has 0 aliphatic carbocycles. The molecule has 0 fully saturated rings. The zero-order chi connectivity index (χ0) is 15.8. The standard InChI is InChI=1S/C19H17NO2/c1-2-3-15-4-6-16(7-5-15)10-13-19(21)22-18-11-8-17(14-20)9-12-18/h4-13H,2-3H2,1H3/b13-10+. The zero-order valence-corrected chi connectivity index (χ0v) is 12.5. The van der Waals surface area contributed by atoms with Crippen LogP contribution in [0.3, 0.4) is 0 Å². The summed E-state index contributed by atoms with van der Waals surface area (Å²) in [6.45, 7) is 2.15. The summed E-state index contributed by atoms with van der Waals surface area (Å²) in [5, 5.41) is 8.70. The van der Waals surface area contributed by atoms with E-state index in [1.54, 1.807) is 30.3 Å². The Morgan fingerprint density at radius 2 is 1.82 bits per heavy atom. The molecule has 3 nitrogen and oxygen atoms in total. The molecule has 0 saturated heterocycles. The molecule has 0 saturated carbocycles. The monoisotopic (exact) mass is 291 g/mol. The van der Waals surface area contributed by atoms with Crippen LogP contribution >= 0.6 is 0 Å². The Balaban J connectivity index is 1.94. The first-order valence-electron chi connectivity index (χ1n) is 7.20. The molecule has 0 bridgehead atoms. The molecule has 0 aliphatic heterocycles. The Bertz CT molecular complexity index is 692. The van der Waals surface area contributed by atoms with Crippen molar-refractivity contribution in [2.75, 3.05) is 0 Å². The van der Waals surface area contributed by atoms with Crippen molar-refractivity contribution in [1.29, 1.82) is 5.26 Å². The van der Waals surface area contributed by atoms with Gasteiger partial charge in [0.15, 0.2) is 0 Å². The molecule has 2 aromatic rings. The van der Waals surface area contributed by atoms with Crippen LogP contribution in [0, 0.1) is 11.3 Å². The zero-order valence-electron chi connectivity index (χ0n) is 12.5. The Hall–Kier alpha value is -2.86. The number of hydrogen-bond donors (Lipinski definition) is 0. The van der Waals surface area contributed by atoms with Crippen LogP contribution in [0.1, 0.15) is 30.0 Å². The summed E-state index contributed by atoms with van der Waals surface area (Å²) in [4.78, 5) is 11.7. The number of ether oxygens (including phenoxy) is 1. The molecule has 0 spiro atoms. The molecule has 3 heteroatoms. The van der Waals surface area contributed by atoms with Gasteiger partial charge in [0.25, 0.3) is 0 Å². The fourth-order valence-corrected chi connectivity index (χ4v) is 2.00. The van der Waals surface area contributed by atoms with Crippen LogP contribution < -0.4 is 4.74 Å². The number of carbonyl (C=O) groups excluding carboxylic acids is 1. The molecule has 0 radical (unpaired) electrons. The minimum atomic E-state index is -0.442. The van der Waals surface area contributed by atoms with E-state index < -0.39 is 5.97 Å². The molecule has 0 atom stereocenters. The lowest BCUT2D eigenvalue weighted by Crippen LogP contribution is -2.03. The van der Waals surface area contributed by atoms with Gasteiger partial charge in [-0.05, 0) is 47.9 Å². The second kappa shape index (κ2) is 7.80. The van der Waals surface area contributed by atoms with E-state index in [2.05, 4.69) is 19.1 Å². The van der Waals surface area contributed by atoms with Gasteiger partial charge in [-0.2, -0.15) is 5.26 Å². The first-order valence-corrected chi connectivity index (χ1v) is 7.20. The molecule has 110 valence electrons. The van der Waals surface area contributed by atoms with Crippen molar-refractivity contribution in [2.45, 2.75) is 19.8 Å². The third-order valence-corrected chi connectivity index (χ3v) is 3.13. The quantitative estimate of drug-likeness (QED) is 0.473. The lowest BCUT2D eigenvalue weighted by atomic mass is 10.1. The summed E-state index contributed by atoms with van der Waals surface area (Å²) < 4.78 is 5.16. The summed E-state index contributed by atoms with van der Waals surface area (Å²) in [6, 6.07) is 16.5. The van der Waals surface area contributed by atoms with E-state index >= 15 is 0 Å². The van der Waals surface area contributed by atoms with E-state index in [9.17, 15) is 4.79 Å². The second-order valence-corrected chi connectivity index (χ2v) is 4.88. The SMILES string of the molecule is CCCc1ccc(/C=C/C(=O)Oc2ccc(C#N)cc2)cc1. The van der Waals surface area contributed by atoms with Crippen LogP contribution in [0.4, 0.5) is 0 Å². The summed E-state index contributed by atoms with van der Waals surface area (Å²) in [6.07, 6.45) is 5.30. The third kappa shape index (κ3) is 4.60. The molecule has 0 unspecified atom stereocenters. The maximum atomic E-state index is 11.7. The maximum Gasteiger partial charge on any atom is 0.336 e. The largest absolute Gasteiger partial charge is 0.423 e. The van der Waals surface area contributed by atoms with Gasteiger partial charge in [-0.25, -0.2) is 4.79 Å². The molecule has 0 aliphatic rings. The average molecular weight is 291 g/mol. The van der Waals surface area contributed by atoms with Gasteiger partial charge in [0.05, 0.1) is 11.6 Å². The average Bonchev–Trinajstić information content (AvgIpc) is 2.55. The van der Waals surface area contributed by atoms with Crippen LogP contribution in [0.2, 0.25) is 0 Å². The minimum absolute atomic E-state index is 0.423. The molecule has 0 heterocycles. The van der Waals surface area contributed by atoms with Crippen molar-refractivity contribution in [2.24, 2.45) is 0 Å². The van der Waals surface area contributed by atoms with E-state index in [0.29, 0.717) is 11.3 Å². The van der Waals surface area contributed by atoms with Crippen molar-refractivity contribution in [3.05, 3.63) is 71.3 Å². The summed E-state index contributed by atoms with van der Waals surface area (Å²) in [5.41, 5.74) is 2.78. The fraction of sp³-hybridized carbons (Fsp3) is 0.158. The van der Waals surface area contributed by atoms with Crippen LogP contribution in [0.5, 0.6) is 5.75 Å². The number of benzene rings is 2. The number of hydrogen-bond acceptors (Lipinski definition) is 3. The van der Waals surface area contributed by atoms with Crippen molar-refractivity contribution in [1.82, 2.24) is 0 Å². The van der Waals surface area contributed by atoms with Gasteiger partial charge in [0, 0.05) is 6.08 Å². The summed E-state index contributed by atoms with van der Waals surface area (Å²) >= 11 is 0. The van der Waals surface area contributed by atoms with Crippen LogP contribution in [0.25, 0.3) is 6.08 Å². The lowest BCUT2D eigenvalue weighted by Gasteiger charge is -2.01. The minimum Gasteiger partial charge on any atom is -0.423 e. The Morgan fingerprint density at radius 1 is 1.14 bits per heavy atom. The van der Waals surface area contributed by atoms with E-state index in [4.69, 9.17) is 10.00 Å².